The van der Waals surface area contributed by atoms with Crippen LogP contribution in [0.25, 0.3) is 22.5 Å². The molecule has 0 unspecified atom stereocenters. The molecule has 138 valence electrons. The van der Waals surface area contributed by atoms with E-state index in [2.05, 4.69) is 10.1 Å². The summed E-state index contributed by atoms with van der Waals surface area (Å²) in [5.41, 5.74) is 7.78. The van der Waals surface area contributed by atoms with Crippen molar-refractivity contribution in [3.05, 3.63) is 66.5 Å². The second kappa shape index (κ2) is 6.04. The molecule has 1 aromatic carbocycles. The molecule has 3 aromatic heterocycles. The number of alkyl halides is 3. The number of fused-ring (bicyclic) bond motifs is 1. The van der Waals surface area contributed by atoms with Gasteiger partial charge in [-0.05, 0) is 24.3 Å². The maximum Gasteiger partial charge on any atom is 0.415 e. The number of hydrogen-bond donors (Lipinski definition) is 0. The molecule has 0 amide bonds. The van der Waals surface area contributed by atoms with Gasteiger partial charge >= 0.3 is 6.18 Å². The topological polar surface area (TPSA) is 68.2 Å². The highest BCUT2D eigenvalue weighted by atomic mass is 19.4. The van der Waals surface area contributed by atoms with Crippen LogP contribution in [0.15, 0.2) is 55.2 Å². The Morgan fingerprint density at radius 2 is 1.93 bits per heavy atom. The van der Waals surface area contributed by atoms with Crippen molar-refractivity contribution in [3.63, 3.8) is 0 Å². The second-order valence-corrected chi connectivity index (χ2v) is 5.99. The third kappa shape index (κ3) is 3.19. The average Bonchev–Trinajstić information content (AvgIpc) is 3.24. The lowest BCUT2D eigenvalue weighted by molar-refractivity contribution is -0.136. The minimum absolute atomic E-state index is 0.0143. The number of nitrogens with one attached hydrogen (secondary N) is 1. The molecule has 0 saturated carbocycles. The van der Waals surface area contributed by atoms with Gasteiger partial charge < -0.3 is 15.0 Å². The number of hydrogen-bond acceptors (Lipinski definition) is 3. The van der Waals surface area contributed by atoms with E-state index in [0.29, 0.717) is 22.5 Å². The Balaban J connectivity index is 1.79. The minimum atomic E-state index is -4.63. The summed E-state index contributed by atoms with van der Waals surface area (Å²) >= 11 is 0. The van der Waals surface area contributed by atoms with Crippen LogP contribution < -0.4 is 4.74 Å². The summed E-state index contributed by atoms with van der Waals surface area (Å²) in [6.45, 7) is 0. The summed E-state index contributed by atoms with van der Waals surface area (Å²) in [7, 11) is 1.83. The first-order valence-electron chi connectivity index (χ1n) is 7.88. The van der Waals surface area contributed by atoms with Crippen LogP contribution in [-0.4, -0.2) is 19.2 Å². The molecule has 0 aliphatic rings. The van der Waals surface area contributed by atoms with Gasteiger partial charge in [0.15, 0.2) is 5.75 Å². The van der Waals surface area contributed by atoms with E-state index in [4.69, 9.17) is 10.5 Å². The van der Waals surface area contributed by atoms with Crippen molar-refractivity contribution in [2.24, 2.45) is 7.05 Å². The maximum absolute atomic E-state index is 13.1. The van der Waals surface area contributed by atoms with Gasteiger partial charge in [-0.25, -0.2) is 9.50 Å². The second-order valence-electron chi connectivity index (χ2n) is 5.99. The number of rotatable bonds is 3. The van der Waals surface area contributed by atoms with Gasteiger partial charge in [-0.2, -0.15) is 18.3 Å². The van der Waals surface area contributed by atoms with Crippen LogP contribution in [0.3, 0.4) is 0 Å². The molecule has 27 heavy (non-hydrogen) atoms. The number of aromatic nitrogens is 4. The Bertz CT molecular complexity index is 1130. The van der Waals surface area contributed by atoms with Crippen molar-refractivity contribution in [3.8, 4) is 22.8 Å². The molecule has 9 heteroatoms. The van der Waals surface area contributed by atoms with Crippen molar-refractivity contribution >= 4 is 11.2 Å². The normalized spacial score (nSPS) is 11.9. The number of ether oxygens (including phenoxy) is 1. The molecule has 0 spiro atoms. The number of benzene rings is 1. The molecule has 6 nitrogen and oxygen atoms in total. The standard InChI is InChI=1S/C18H13F3N5O/c1-25-9-15(23-10-25)11-6-17(16-4-5-24-26(16)8-11)27-12-2-3-14(22)13(7-12)18(19,20)21/h2-10,22H,1H3/q-1. The number of halogens is 3. The van der Waals surface area contributed by atoms with Crippen LogP contribution in [0.2, 0.25) is 0 Å². The molecule has 4 aromatic rings. The van der Waals surface area contributed by atoms with Crippen molar-refractivity contribution < 1.29 is 17.9 Å². The highest BCUT2D eigenvalue weighted by molar-refractivity contribution is 5.69. The fourth-order valence-corrected chi connectivity index (χ4v) is 2.73. The van der Waals surface area contributed by atoms with Gasteiger partial charge in [-0.3, -0.25) is 0 Å². The molecular weight excluding hydrogens is 359 g/mol. The zero-order valence-electron chi connectivity index (χ0n) is 14.0. The van der Waals surface area contributed by atoms with Crippen LogP contribution >= 0.6 is 0 Å². The van der Waals surface area contributed by atoms with E-state index in [-0.39, 0.29) is 5.75 Å². The molecule has 0 aliphatic carbocycles. The van der Waals surface area contributed by atoms with Crippen molar-refractivity contribution in [2.75, 3.05) is 0 Å². The highest BCUT2D eigenvalue weighted by Gasteiger charge is 2.31. The smallest absolute Gasteiger partial charge is 0.415 e. The summed E-state index contributed by atoms with van der Waals surface area (Å²) < 4.78 is 48.3. The zero-order chi connectivity index (χ0) is 19.2. The summed E-state index contributed by atoms with van der Waals surface area (Å²) in [4.78, 5) is 4.28. The van der Waals surface area contributed by atoms with Crippen LogP contribution in [0, 0.1) is 0 Å². The number of imidazole rings is 1. The Hall–Kier alpha value is -3.49. The van der Waals surface area contributed by atoms with Gasteiger partial charge in [0, 0.05) is 30.6 Å². The summed E-state index contributed by atoms with van der Waals surface area (Å²) in [6.07, 6.45) is 2.16. The quantitative estimate of drug-likeness (QED) is 0.494. The fourth-order valence-electron chi connectivity index (χ4n) is 2.73. The molecule has 1 N–H and O–H groups in total. The van der Waals surface area contributed by atoms with E-state index in [1.807, 2.05) is 13.2 Å². The fraction of sp³-hybridized carbons (Fsp3) is 0.111. The summed E-state index contributed by atoms with van der Waals surface area (Å²) in [5.74, 6) is 0.320. The van der Waals surface area contributed by atoms with E-state index >= 15 is 0 Å². The van der Waals surface area contributed by atoms with E-state index in [9.17, 15) is 13.2 Å². The molecular formula is C18H13F3N5O-. The maximum atomic E-state index is 13.1. The lowest BCUT2D eigenvalue weighted by Crippen LogP contribution is -2.05. The first-order valence-corrected chi connectivity index (χ1v) is 7.88. The third-order valence-corrected chi connectivity index (χ3v) is 4.00. The van der Waals surface area contributed by atoms with E-state index in [1.54, 1.807) is 39.9 Å². The van der Waals surface area contributed by atoms with Gasteiger partial charge in [-0.15, -0.1) is 5.69 Å². The summed E-state index contributed by atoms with van der Waals surface area (Å²) in [5, 5.41) is 4.18. The predicted octanol–water partition coefficient (Wildman–Crippen LogP) is 5.23. The summed E-state index contributed by atoms with van der Waals surface area (Å²) in [6, 6.07) is 6.61. The molecule has 0 atom stereocenters. The van der Waals surface area contributed by atoms with E-state index < -0.39 is 17.4 Å². The monoisotopic (exact) mass is 372 g/mol. The van der Waals surface area contributed by atoms with Crippen molar-refractivity contribution in [1.82, 2.24) is 19.2 Å². The van der Waals surface area contributed by atoms with E-state index in [0.717, 1.165) is 12.1 Å². The van der Waals surface area contributed by atoms with Crippen molar-refractivity contribution in [1.29, 1.82) is 0 Å². The predicted molar refractivity (Wildman–Crippen MR) is 92.9 cm³/mol. The molecule has 4 rings (SSSR count). The largest absolute Gasteiger partial charge is 0.698 e. The zero-order valence-corrected chi connectivity index (χ0v) is 14.0. The van der Waals surface area contributed by atoms with Gasteiger partial charge in [0.1, 0.15) is 11.3 Å². The molecule has 0 bridgehead atoms. The first kappa shape index (κ1) is 17.0. The van der Waals surface area contributed by atoms with Crippen LogP contribution in [0.5, 0.6) is 11.5 Å². The van der Waals surface area contributed by atoms with Gasteiger partial charge in [0.05, 0.1) is 18.2 Å². The van der Waals surface area contributed by atoms with Crippen molar-refractivity contribution in [2.45, 2.75) is 6.18 Å². The molecule has 0 radical (unpaired) electrons. The third-order valence-electron chi connectivity index (χ3n) is 4.00. The molecule has 0 fully saturated rings. The average molecular weight is 372 g/mol. The highest BCUT2D eigenvalue weighted by Crippen LogP contribution is 2.39. The van der Waals surface area contributed by atoms with Crippen LogP contribution in [-0.2, 0) is 13.2 Å². The lowest BCUT2D eigenvalue weighted by Gasteiger charge is -2.17. The Labute approximate surface area is 151 Å². The Morgan fingerprint density at radius 3 is 2.63 bits per heavy atom. The molecule has 3 heterocycles. The molecule has 0 aliphatic heterocycles. The SMILES string of the molecule is Cn1cnc(-c2cc(Oc3ccc([NH-])c(C(F)(F)F)c3)c3ccnn3c2)c1. The van der Waals surface area contributed by atoms with Crippen LogP contribution in [0.4, 0.5) is 18.9 Å². The number of aryl methyl sites for hydroxylation is 1. The number of nitrogens with zero attached hydrogens (tertiary/aromatic N) is 4. The minimum Gasteiger partial charge on any atom is -0.698 e. The Morgan fingerprint density at radius 1 is 1.11 bits per heavy atom. The van der Waals surface area contributed by atoms with Gasteiger partial charge in [0.25, 0.3) is 0 Å². The van der Waals surface area contributed by atoms with E-state index in [1.165, 1.54) is 6.07 Å². The first-order chi connectivity index (χ1) is 12.8. The lowest BCUT2D eigenvalue weighted by atomic mass is 10.1. The van der Waals surface area contributed by atoms with Gasteiger partial charge in [0.2, 0.25) is 0 Å². The Kier molecular flexibility index (Phi) is 3.79. The van der Waals surface area contributed by atoms with Crippen LogP contribution in [0.1, 0.15) is 5.56 Å². The van der Waals surface area contributed by atoms with Gasteiger partial charge in [-0.1, -0.05) is 6.07 Å². The molecule has 0 saturated heterocycles. The number of pyridine rings is 1.